The summed E-state index contributed by atoms with van der Waals surface area (Å²) in [5.41, 5.74) is 4.33. The first-order valence-electron chi connectivity index (χ1n) is 30.6. The van der Waals surface area contributed by atoms with Crippen molar-refractivity contribution >= 4 is 0 Å². The molecule has 8 atom stereocenters. The number of unbranched alkanes of at least 4 members (excludes halogenated alkanes) is 3. The summed E-state index contributed by atoms with van der Waals surface area (Å²) in [6, 6.07) is 0. The van der Waals surface area contributed by atoms with Crippen LogP contribution >= 0.6 is 0 Å². The van der Waals surface area contributed by atoms with Gasteiger partial charge in [-0.05, 0) is 200 Å². The van der Waals surface area contributed by atoms with Crippen LogP contribution in [0.3, 0.4) is 0 Å². The van der Waals surface area contributed by atoms with Gasteiger partial charge in [0.05, 0.1) is 25.9 Å². The van der Waals surface area contributed by atoms with Crippen LogP contribution in [0.4, 0.5) is 0 Å². The van der Waals surface area contributed by atoms with Crippen molar-refractivity contribution in [1.29, 1.82) is 0 Å². The maximum atomic E-state index is 7.50. The molecule has 426 valence electrons. The van der Waals surface area contributed by atoms with E-state index < -0.39 is 5.41 Å². The third kappa shape index (κ3) is 27.9. The van der Waals surface area contributed by atoms with Gasteiger partial charge >= 0.3 is 0 Å². The highest BCUT2D eigenvalue weighted by atomic mass is 16.5. The number of rotatable bonds is 48. The SMILES string of the molecule is C=CCCCC(C/C=C/C)C(C(=CCCC)CC/C=C/C)C(/C(=C(\C(/C=C/C)C/C=C/C)C(CC/C=C/COCC/C=C\C)OCC=C)C(/C=C/CC)C/C=C/C)(C(/C=C/CCC)C/C=C/C)C(C/C=C/C)CCC=C. The van der Waals surface area contributed by atoms with Crippen LogP contribution in [0.5, 0.6) is 0 Å². The predicted octanol–water partition coefficient (Wildman–Crippen LogP) is 23.0. The number of allylic oxidation sites excluding steroid dienone is 25. The number of hydrogen-bond donors (Lipinski definition) is 0. The molecule has 0 aliphatic heterocycles. The van der Waals surface area contributed by atoms with Gasteiger partial charge in [0.15, 0.2) is 0 Å². The smallest absolute Gasteiger partial charge is 0.0801 e. The van der Waals surface area contributed by atoms with E-state index in [1.54, 1.807) is 11.1 Å². The van der Waals surface area contributed by atoms with Gasteiger partial charge < -0.3 is 9.47 Å². The summed E-state index contributed by atoms with van der Waals surface area (Å²) in [4.78, 5) is 0. The lowest BCUT2D eigenvalue weighted by molar-refractivity contribution is 0.0218. The lowest BCUT2D eigenvalue weighted by atomic mass is 9.45. The maximum absolute atomic E-state index is 7.50. The molecule has 0 amide bonds. The van der Waals surface area contributed by atoms with Gasteiger partial charge in [0, 0.05) is 17.3 Å². The molecule has 0 N–H and O–H groups in total. The summed E-state index contributed by atoms with van der Waals surface area (Å²) in [5, 5.41) is 0. The van der Waals surface area contributed by atoms with Crippen LogP contribution in [-0.4, -0.2) is 25.9 Å². The van der Waals surface area contributed by atoms with E-state index in [2.05, 4.69) is 248 Å². The van der Waals surface area contributed by atoms with E-state index in [-0.39, 0.29) is 35.7 Å². The largest absolute Gasteiger partial charge is 0.377 e. The molecular weight excluding hydrogens is 921 g/mol. The van der Waals surface area contributed by atoms with Crippen LogP contribution in [0.15, 0.2) is 194 Å². The molecular formula is C74H118O2. The Balaban J connectivity index is 11.1. The van der Waals surface area contributed by atoms with Gasteiger partial charge in [-0.3, -0.25) is 0 Å². The quantitative estimate of drug-likeness (QED) is 0.0447. The minimum absolute atomic E-state index is 0.0812. The Labute approximate surface area is 473 Å². The Morgan fingerprint density at radius 1 is 0.487 bits per heavy atom. The third-order valence-corrected chi connectivity index (χ3v) is 14.9. The van der Waals surface area contributed by atoms with Crippen molar-refractivity contribution in [3.8, 4) is 0 Å². The Morgan fingerprint density at radius 3 is 1.74 bits per heavy atom. The highest BCUT2D eigenvalue weighted by molar-refractivity contribution is 5.42. The van der Waals surface area contributed by atoms with Crippen LogP contribution in [0.2, 0.25) is 0 Å². The zero-order valence-electron chi connectivity index (χ0n) is 51.3. The van der Waals surface area contributed by atoms with Crippen LogP contribution < -0.4 is 0 Å². The van der Waals surface area contributed by atoms with Crippen molar-refractivity contribution in [1.82, 2.24) is 0 Å². The molecule has 76 heavy (non-hydrogen) atoms. The molecule has 0 rings (SSSR count). The fraction of sp³-hybridized carbons (Fsp3) is 0.568. The van der Waals surface area contributed by atoms with Crippen LogP contribution in [0, 0.1) is 40.9 Å². The molecule has 0 aromatic rings. The first-order valence-corrected chi connectivity index (χ1v) is 30.6. The second-order valence-corrected chi connectivity index (χ2v) is 20.5. The van der Waals surface area contributed by atoms with Crippen molar-refractivity contribution < 1.29 is 9.47 Å². The van der Waals surface area contributed by atoms with Crippen LogP contribution in [0.1, 0.15) is 205 Å². The Kier molecular flexibility index (Phi) is 47.5. The molecule has 0 aliphatic carbocycles. The average molecular weight is 1040 g/mol. The summed E-state index contributed by atoms with van der Waals surface area (Å²) in [6.07, 6.45) is 81.6. The van der Waals surface area contributed by atoms with Crippen molar-refractivity contribution in [3.63, 3.8) is 0 Å². The summed E-state index contributed by atoms with van der Waals surface area (Å²) in [7, 11) is 0. The first-order chi connectivity index (χ1) is 37.3. The molecule has 0 fully saturated rings. The monoisotopic (exact) mass is 1040 g/mol. The molecule has 2 nitrogen and oxygen atoms in total. The molecule has 0 aromatic heterocycles. The van der Waals surface area contributed by atoms with Crippen LogP contribution in [0.25, 0.3) is 0 Å². The zero-order chi connectivity index (χ0) is 56.3. The molecule has 0 bridgehead atoms. The molecule has 0 aliphatic rings. The van der Waals surface area contributed by atoms with Crippen molar-refractivity contribution in [2.24, 2.45) is 40.9 Å². The van der Waals surface area contributed by atoms with E-state index in [9.17, 15) is 0 Å². The highest BCUT2D eigenvalue weighted by Gasteiger charge is 2.56. The normalized spacial score (nSPS) is 17.3. The molecule has 0 radical (unpaired) electrons. The van der Waals surface area contributed by atoms with Gasteiger partial charge in [-0.15, -0.1) is 19.7 Å². The molecule has 0 heterocycles. The van der Waals surface area contributed by atoms with Gasteiger partial charge in [-0.1, -0.05) is 203 Å². The summed E-state index contributed by atoms with van der Waals surface area (Å²) in [5.74, 6) is 1.10. The number of ether oxygens (including phenoxy) is 2. The van der Waals surface area contributed by atoms with Gasteiger partial charge in [-0.25, -0.2) is 0 Å². The number of hydrogen-bond acceptors (Lipinski definition) is 2. The van der Waals surface area contributed by atoms with Crippen molar-refractivity contribution in [2.45, 2.75) is 211 Å². The topological polar surface area (TPSA) is 18.5 Å². The van der Waals surface area contributed by atoms with E-state index in [1.807, 2.05) is 6.08 Å². The molecule has 0 aromatic carbocycles. The standard InChI is InChI=1S/C74H118O2/c1-15-29-42-54-65(50-34-20-6)72(66(51-35-21-7)55-43-30-16-2)74(68(56-38-24-10)57-39-25-11,69(58-40-26-12)59-44-31-17-3)73(67(52-36-22-8)53-37-23-9)71(64(48-27-13)49-33-19-5)70(76-61-28-14)60-45-41-47-63-75-62-46-32-18-4/h15-16,18-20,22,24-28,30,32-34,36-37,39-41,44,47-48,51,53,59,64-65,67-70,72H,1,10,14,17,21,23,29,31,35,38,42-43,45-46,49-50,52,54-58,60-63H2,2-9,11-13H3/b30-16+,32-18-,33-19+,34-20+,36-22+,39-25+,40-26+,47-41+,48-27+,53-37+,59-44+,66-51?,73-71+. The maximum Gasteiger partial charge on any atom is 0.0801 e. The summed E-state index contributed by atoms with van der Waals surface area (Å²) in [6.45, 7) is 39.5. The van der Waals surface area contributed by atoms with E-state index in [1.165, 1.54) is 5.57 Å². The van der Waals surface area contributed by atoms with Gasteiger partial charge in [0.25, 0.3) is 0 Å². The second-order valence-electron chi connectivity index (χ2n) is 20.5. The Morgan fingerprint density at radius 2 is 1.12 bits per heavy atom. The Bertz CT molecular complexity index is 1860. The lowest BCUT2D eigenvalue weighted by Gasteiger charge is -2.58. The summed E-state index contributed by atoms with van der Waals surface area (Å²) < 4.78 is 13.6. The van der Waals surface area contributed by atoms with Crippen LogP contribution in [-0.2, 0) is 9.47 Å². The highest BCUT2D eigenvalue weighted by Crippen LogP contribution is 2.64. The van der Waals surface area contributed by atoms with E-state index in [0.717, 1.165) is 135 Å². The average Bonchev–Trinajstić information content (AvgIpc) is 3.43. The fourth-order valence-electron chi connectivity index (χ4n) is 11.6. The fourth-order valence-corrected chi connectivity index (χ4v) is 11.6. The van der Waals surface area contributed by atoms with Crippen molar-refractivity contribution in [3.05, 3.63) is 194 Å². The molecule has 0 spiro atoms. The van der Waals surface area contributed by atoms with Crippen molar-refractivity contribution in [2.75, 3.05) is 19.8 Å². The van der Waals surface area contributed by atoms with E-state index >= 15 is 0 Å². The third-order valence-electron chi connectivity index (χ3n) is 14.9. The first kappa shape index (κ1) is 71.8. The minimum atomic E-state index is -0.413. The van der Waals surface area contributed by atoms with Gasteiger partial charge in [0.2, 0.25) is 0 Å². The Hall–Kier alpha value is -4.24. The van der Waals surface area contributed by atoms with Gasteiger partial charge in [0.1, 0.15) is 0 Å². The van der Waals surface area contributed by atoms with Gasteiger partial charge in [-0.2, -0.15) is 0 Å². The van der Waals surface area contributed by atoms with E-state index in [0.29, 0.717) is 19.1 Å². The molecule has 8 unspecified atom stereocenters. The second kappa shape index (κ2) is 50.3. The predicted molar refractivity (Wildman–Crippen MR) is 345 cm³/mol. The zero-order valence-corrected chi connectivity index (χ0v) is 51.3. The minimum Gasteiger partial charge on any atom is -0.377 e. The lowest BCUT2D eigenvalue weighted by Crippen LogP contribution is -2.52. The van der Waals surface area contributed by atoms with E-state index in [4.69, 9.17) is 9.47 Å². The molecule has 0 saturated carbocycles. The summed E-state index contributed by atoms with van der Waals surface area (Å²) >= 11 is 0. The molecule has 0 saturated heterocycles. The molecule has 2 heteroatoms.